The van der Waals surface area contributed by atoms with Crippen LogP contribution < -0.4 is 15.4 Å². The average molecular weight is 473 g/mol. The van der Waals surface area contributed by atoms with Gasteiger partial charge in [-0.1, -0.05) is 32.0 Å². The van der Waals surface area contributed by atoms with Crippen molar-refractivity contribution >= 4 is 41.3 Å². The molecular formula is C19H28IN3OS. The molecule has 4 nitrogen and oxygen atoms in total. The van der Waals surface area contributed by atoms with Crippen LogP contribution in [0, 0.1) is 0 Å². The lowest BCUT2D eigenvalue weighted by atomic mass is 9.91. The minimum Gasteiger partial charge on any atom is -0.494 e. The van der Waals surface area contributed by atoms with Crippen LogP contribution in [0.25, 0.3) is 0 Å². The minimum absolute atomic E-state index is 0. The molecule has 1 aromatic heterocycles. The molecule has 0 bridgehead atoms. The van der Waals surface area contributed by atoms with Crippen molar-refractivity contribution in [3.05, 3.63) is 52.2 Å². The summed E-state index contributed by atoms with van der Waals surface area (Å²) in [5.41, 5.74) is 1.24. The molecular weight excluding hydrogens is 445 g/mol. The fraction of sp³-hybridized carbons (Fsp3) is 0.421. The van der Waals surface area contributed by atoms with Crippen LogP contribution in [0.1, 0.15) is 31.2 Å². The Morgan fingerprint density at radius 1 is 1.20 bits per heavy atom. The Bertz CT molecular complexity index is 656. The average Bonchev–Trinajstić information content (AvgIpc) is 3.11. The number of nitrogens with zero attached hydrogens (tertiary/aromatic N) is 1. The first-order valence-electron chi connectivity index (χ1n) is 8.25. The third-order valence-electron chi connectivity index (χ3n) is 3.78. The number of guanidine groups is 1. The minimum atomic E-state index is 0. The molecule has 0 amide bonds. The first-order chi connectivity index (χ1) is 11.5. The van der Waals surface area contributed by atoms with Crippen LogP contribution in [0.4, 0.5) is 0 Å². The van der Waals surface area contributed by atoms with Gasteiger partial charge in [0.15, 0.2) is 5.96 Å². The van der Waals surface area contributed by atoms with E-state index in [2.05, 4.69) is 59.1 Å². The van der Waals surface area contributed by atoms with Crippen LogP contribution in [-0.4, -0.2) is 26.2 Å². The van der Waals surface area contributed by atoms with E-state index in [1.54, 1.807) is 18.4 Å². The van der Waals surface area contributed by atoms with Crippen LogP contribution >= 0.6 is 35.3 Å². The van der Waals surface area contributed by atoms with Crippen molar-refractivity contribution in [2.75, 3.05) is 20.2 Å². The zero-order chi connectivity index (χ0) is 17.4. The number of nitrogens with one attached hydrogen (secondary N) is 2. The van der Waals surface area contributed by atoms with Crippen LogP contribution in [0.3, 0.4) is 0 Å². The van der Waals surface area contributed by atoms with Crippen LogP contribution in [-0.2, 0) is 12.0 Å². The van der Waals surface area contributed by atoms with E-state index in [-0.39, 0.29) is 29.4 Å². The van der Waals surface area contributed by atoms with Crippen molar-refractivity contribution in [2.45, 2.75) is 32.7 Å². The SMILES string of the molecule is CCOc1cccc(CNC(=NC)NCC(C)(C)c2cccs2)c1.I. The Balaban J connectivity index is 0.00000312. The van der Waals surface area contributed by atoms with Gasteiger partial charge in [-0.05, 0) is 36.1 Å². The van der Waals surface area contributed by atoms with Gasteiger partial charge < -0.3 is 15.4 Å². The smallest absolute Gasteiger partial charge is 0.191 e. The molecule has 2 N–H and O–H groups in total. The zero-order valence-corrected chi connectivity index (χ0v) is 18.5. The Morgan fingerprint density at radius 3 is 2.64 bits per heavy atom. The van der Waals surface area contributed by atoms with Crippen LogP contribution in [0.2, 0.25) is 0 Å². The normalized spacial score (nSPS) is 11.6. The summed E-state index contributed by atoms with van der Waals surface area (Å²) < 4.78 is 5.54. The molecule has 0 atom stereocenters. The Morgan fingerprint density at radius 2 is 2.00 bits per heavy atom. The summed E-state index contributed by atoms with van der Waals surface area (Å²) >= 11 is 1.79. The summed E-state index contributed by atoms with van der Waals surface area (Å²) in [6, 6.07) is 12.4. The molecule has 2 aromatic rings. The Labute approximate surface area is 172 Å². The fourth-order valence-corrected chi connectivity index (χ4v) is 3.23. The first kappa shape index (κ1) is 21.8. The van der Waals surface area contributed by atoms with Crippen molar-refractivity contribution in [1.29, 1.82) is 0 Å². The maximum absolute atomic E-state index is 5.54. The van der Waals surface area contributed by atoms with Crippen molar-refractivity contribution < 1.29 is 4.74 Å². The lowest BCUT2D eigenvalue weighted by Crippen LogP contribution is -2.42. The number of hydrogen-bond acceptors (Lipinski definition) is 3. The van der Waals surface area contributed by atoms with Gasteiger partial charge in [0.05, 0.1) is 6.61 Å². The number of hydrogen-bond donors (Lipinski definition) is 2. The molecule has 0 aliphatic heterocycles. The highest BCUT2D eigenvalue weighted by atomic mass is 127. The number of aliphatic imine (C=N–C) groups is 1. The Kier molecular flexibility index (Phi) is 9.27. The van der Waals surface area contributed by atoms with Gasteiger partial charge in [-0.15, -0.1) is 35.3 Å². The summed E-state index contributed by atoms with van der Waals surface area (Å²) in [6.45, 7) is 8.69. The number of thiophene rings is 1. The molecule has 138 valence electrons. The third-order valence-corrected chi connectivity index (χ3v) is 5.01. The van der Waals surface area contributed by atoms with Gasteiger partial charge in [0.25, 0.3) is 0 Å². The van der Waals surface area contributed by atoms with Crippen LogP contribution in [0.15, 0.2) is 46.8 Å². The molecule has 6 heteroatoms. The summed E-state index contributed by atoms with van der Waals surface area (Å²) in [4.78, 5) is 5.68. The molecule has 1 heterocycles. The van der Waals surface area contributed by atoms with E-state index in [0.29, 0.717) is 13.2 Å². The molecule has 0 aliphatic rings. The number of benzene rings is 1. The van der Waals surface area contributed by atoms with Crippen molar-refractivity contribution in [2.24, 2.45) is 4.99 Å². The van der Waals surface area contributed by atoms with E-state index >= 15 is 0 Å². The third kappa shape index (κ3) is 6.86. The van der Waals surface area contributed by atoms with Gasteiger partial charge in [-0.2, -0.15) is 0 Å². The quantitative estimate of drug-likeness (QED) is 0.356. The second-order valence-electron chi connectivity index (χ2n) is 6.22. The summed E-state index contributed by atoms with van der Waals surface area (Å²) in [5.74, 6) is 1.71. The summed E-state index contributed by atoms with van der Waals surface area (Å²) in [7, 11) is 1.80. The number of ether oxygens (including phenoxy) is 1. The Hall–Kier alpha value is -1.28. The maximum Gasteiger partial charge on any atom is 0.191 e. The van der Waals surface area contributed by atoms with Gasteiger partial charge in [-0.3, -0.25) is 4.99 Å². The molecule has 0 unspecified atom stereocenters. The second-order valence-corrected chi connectivity index (χ2v) is 7.17. The fourth-order valence-electron chi connectivity index (χ4n) is 2.37. The number of rotatable bonds is 7. The monoisotopic (exact) mass is 473 g/mol. The van der Waals surface area contributed by atoms with E-state index in [9.17, 15) is 0 Å². The highest BCUT2D eigenvalue weighted by molar-refractivity contribution is 14.0. The van der Waals surface area contributed by atoms with Gasteiger partial charge >= 0.3 is 0 Å². The summed E-state index contributed by atoms with van der Waals surface area (Å²) in [6.07, 6.45) is 0. The zero-order valence-electron chi connectivity index (χ0n) is 15.3. The topological polar surface area (TPSA) is 45.6 Å². The molecule has 0 aliphatic carbocycles. The molecule has 2 rings (SSSR count). The van der Waals surface area contributed by atoms with E-state index in [0.717, 1.165) is 18.3 Å². The lowest BCUT2D eigenvalue weighted by Gasteiger charge is -2.25. The van der Waals surface area contributed by atoms with E-state index in [1.807, 2.05) is 19.1 Å². The number of halogens is 1. The maximum atomic E-state index is 5.54. The highest BCUT2D eigenvalue weighted by Gasteiger charge is 2.21. The lowest BCUT2D eigenvalue weighted by molar-refractivity contribution is 0.340. The van der Waals surface area contributed by atoms with Crippen molar-refractivity contribution in [3.63, 3.8) is 0 Å². The molecule has 1 aromatic carbocycles. The predicted octanol–water partition coefficient (Wildman–Crippen LogP) is 4.41. The van der Waals surface area contributed by atoms with Gasteiger partial charge in [-0.25, -0.2) is 0 Å². The largest absolute Gasteiger partial charge is 0.494 e. The molecule has 0 spiro atoms. The second kappa shape index (κ2) is 10.7. The molecule has 0 radical (unpaired) electrons. The molecule has 0 saturated heterocycles. The highest BCUT2D eigenvalue weighted by Crippen LogP contribution is 2.26. The van der Waals surface area contributed by atoms with Crippen molar-refractivity contribution in [1.82, 2.24) is 10.6 Å². The van der Waals surface area contributed by atoms with E-state index in [1.165, 1.54) is 10.4 Å². The summed E-state index contributed by atoms with van der Waals surface area (Å²) in [5, 5.41) is 8.90. The molecule has 0 fully saturated rings. The van der Waals surface area contributed by atoms with Gasteiger partial charge in [0.2, 0.25) is 0 Å². The van der Waals surface area contributed by atoms with Crippen molar-refractivity contribution in [3.8, 4) is 5.75 Å². The van der Waals surface area contributed by atoms with Gasteiger partial charge in [0, 0.05) is 30.4 Å². The van der Waals surface area contributed by atoms with E-state index in [4.69, 9.17) is 4.74 Å². The van der Waals surface area contributed by atoms with Gasteiger partial charge in [0.1, 0.15) is 5.75 Å². The predicted molar refractivity (Wildman–Crippen MR) is 119 cm³/mol. The standard InChI is InChI=1S/C19H27N3OS.HI/c1-5-23-16-9-6-8-15(12-16)13-21-18(20-4)22-14-19(2,3)17-10-7-11-24-17;/h6-12H,5,13-14H2,1-4H3,(H2,20,21,22);1H. The van der Waals surface area contributed by atoms with E-state index < -0.39 is 0 Å². The molecule has 25 heavy (non-hydrogen) atoms. The van der Waals surface area contributed by atoms with Crippen LogP contribution in [0.5, 0.6) is 5.75 Å². The molecule has 0 saturated carbocycles. The first-order valence-corrected chi connectivity index (χ1v) is 9.13.